The number of benzene rings is 1. The number of nitrogens with one attached hydrogen (secondary N) is 1. The Kier molecular flexibility index (Phi) is 5.35. The SMILES string of the molecule is CCOc1cc(Br)cc(/C=N\NC(=O)c2cccs2)c1O. The van der Waals surface area contributed by atoms with E-state index in [4.69, 9.17) is 4.74 Å². The van der Waals surface area contributed by atoms with Gasteiger partial charge in [-0.05, 0) is 30.5 Å². The maximum atomic E-state index is 11.7. The number of carbonyl (C=O) groups excluding carboxylic acids is 1. The van der Waals surface area contributed by atoms with Crippen LogP contribution in [0.15, 0.2) is 39.2 Å². The molecule has 0 aliphatic carbocycles. The zero-order valence-electron chi connectivity index (χ0n) is 11.2. The molecule has 1 aromatic carbocycles. The van der Waals surface area contributed by atoms with Crippen LogP contribution >= 0.6 is 27.3 Å². The summed E-state index contributed by atoms with van der Waals surface area (Å²) in [4.78, 5) is 12.3. The molecule has 0 aliphatic heterocycles. The lowest BCUT2D eigenvalue weighted by Gasteiger charge is -2.08. The molecule has 1 heterocycles. The quantitative estimate of drug-likeness (QED) is 0.627. The molecule has 0 aliphatic rings. The third kappa shape index (κ3) is 4.05. The Morgan fingerprint density at radius 1 is 1.57 bits per heavy atom. The lowest BCUT2D eigenvalue weighted by Crippen LogP contribution is -2.16. The van der Waals surface area contributed by atoms with Crippen LogP contribution < -0.4 is 10.2 Å². The molecule has 0 atom stereocenters. The number of hydrogen-bond acceptors (Lipinski definition) is 5. The number of aromatic hydroxyl groups is 1. The van der Waals surface area contributed by atoms with Crippen LogP contribution in [0, 0.1) is 0 Å². The summed E-state index contributed by atoms with van der Waals surface area (Å²) in [7, 11) is 0. The highest BCUT2D eigenvalue weighted by molar-refractivity contribution is 9.10. The highest BCUT2D eigenvalue weighted by atomic mass is 79.9. The maximum Gasteiger partial charge on any atom is 0.281 e. The van der Waals surface area contributed by atoms with Gasteiger partial charge in [0, 0.05) is 10.0 Å². The fraction of sp³-hybridized carbons (Fsp3) is 0.143. The zero-order chi connectivity index (χ0) is 15.2. The highest BCUT2D eigenvalue weighted by Gasteiger charge is 2.09. The molecule has 1 amide bonds. The molecule has 0 fully saturated rings. The molecule has 0 radical (unpaired) electrons. The second kappa shape index (κ2) is 7.24. The number of phenols is 1. The van der Waals surface area contributed by atoms with Crippen molar-refractivity contribution in [1.29, 1.82) is 0 Å². The summed E-state index contributed by atoms with van der Waals surface area (Å²) >= 11 is 4.66. The molecule has 2 N–H and O–H groups in total. The van der Waals surface area contributed by atoms with Crippen LogP contribution in [-0.2, 0) is 0 Å². The first-order valence-corrected chi connectivity index (χ1v) is 7.81. The van der Waals surface area contributed by atoms with Gasteiger partial charge in [-0.2, -0.15) is 5.10 Å². The Hall–Kier alpha value is -1.86. The standard InChI is InChI=1S/C14H13BrN2O3S/c1-2-20-11-7-10(15)6-9(13(11)18)8-16-17-14(19)12-4-3-5-21-12/h3-8,18H,2H2,1H3,(H,17,19)/b16-8-. The van der Waals surface area contributed by atoms with E-state index in [9.17, 15) is 9.90 Å². The van der Waals surface area contributed by atoms with Crippen LogP contribution in [-0.4, -0.2) is 23.8 Å². The topological polar surface area (TPSA) is 70.9 Å². The minimum absolute atomic E-state index is 0.0193. The normalized spacial score (nSPS) is 10.8. The van der Waals surface area contributed by atoms with Gasteiger partial charge in [-0.25, -0.2) is 5.43 Å². The van der Waals surface area contributed by atoms with Gasteiger partial charge in [0.05, 0.1) is 17.7 Å². The Balaban J connectivity index is 2.12. The average molecular weight is 369 g/mol. The van der Waals surface area contributed by atoms with Crippen molar-refractivity contribution in [3.63, 3.8) is 0 Å². The zero-order valence-corrected chi connectivity index (χ0v) is 13.6. The Bertz CT molecular complexity index is 656. The Labute approximate surface area is 134 Å². The number of phenolic OH excluding ortho intramolecular Hbond substituents is 1. The number of ether oxygens (including phenoxy) is 1. The van der Waals surface area contributed by atoms with Gasteiger partial charge in [0.25, 0.3) is 5.91 Å². The molecule has 0 saturated heterocycles. The number of halogens is 1. The largest absolute Gasteiger partial charge is 0.504 e. The molecule has 1 aromatic heterocycles. The van der Waals surface area contributed by atoms with Crippen molar-refractivity contribution in [3.05, 3.63) is 44.6 Å². The molecule has 0 saturated carbocycles. The van der Waals surface area contributed by atoms with Crippen molar-refractivity contribution < 1.29 is 14.6 Å². The average Bonchev–Trinajstić information content (AvgIpc) is 2.98. The number of hydrazone groups is 1. The molecular weight excluding hydrogens is 356 g/mol. The van der Waals surface area contributed by atoms with E-state index in [0.717, 1.165) is 4.47 Å². The van der Waals surface area contributed by atoms with Gasteiger partial charge < -0.3 is 9.84 Å². The van der Waals surface area contributed by atoms with Crippen LogP contribution in [0.1, 0.15) is 22.2 Å². The van der Waals surface area contributed by atoms with Gasteiger partial charge in [-0.1, -0.05) is 22.0 Å². The lowest BCUT2D eigenvalue weighted by molar-refractivity contribution is 0.0959. The number of thiophene rings is 1. The van der Waals surface area contributed by atoms with Crippen LogP contribution in [0.5, 0.6) is 11.5 Å². The fourth-order valence-electron chi connectivity index (χ4n) is 1.58. The molecule has 5 nitrogen and oxygen atoms in total. The molecule has 7 heteroatoms. The summed E-state index contributed by atoms with van der Waals surface area (Å²) in [5.74, 6) is 0.0489. The first-order chi connectivity index (χ1) is 10.1. The fourth-order valence-corrected chi connectivity index (χ4v) is 2.65. The number of rotatable bonds is 5. The minimum atomic E-state index is -0.291. The van der Waals surface area contributed by atoms with E-state index in [2.05, 4.69) is 26.5 Å². The third-order valence-corrected chi connectivity index (χ3v) is 3.81. The van der Waals surface area contributed by atoms with Crippen molar-refractivity contribution in [1.82, 2.24) is 5.43 Å². The highest BCUT2D eigenvalue weighted by Crippen LogP contribution is 2.32. The number of carbonyl (C=O) groups is 1. The van der Waals surface area contributed by atoms with E-state index in [1.807, 2.05) is 12.3 Å². The van der Waals surface area contributed by atoms with Crippen molar-refractivity contribution in [3.8, 4) is 11.5 Å². The summed E-state index contributed by atoms with van der Waals surface area (Å²) in [6.45, 7) is 2.27. The van der Waals surface area contributed by atoms with Gasteiger partial charge in [-0.15, -0.1) is 11.3 Å². The number of nitrogens with zero attached hydrogens (tertiary/aromatic N) is 1. The molecule has 2 aromatic rings. The Morgan fingerprint density at radius 2 is 2.38 bits per heavy atom. The maximum absolute atomic E-state index is 11.7. The minimum Gasteiger partial charge on any atom is -0.504 e. The summed E-state index contributed by atoms with van der Waals surface area (Å²) in [5.41, 5.74) is 2.85. The monoisotopic (exact) mass is 368 g/mol. The van der Waals surface area contributed by atoms with Crippen LogP contribution in [0.2, 0.25) is 0 Å². The van der Waals surface area contributed by atoms with Gasteiger partial charge in [0.2, 0.25) is 0 Å². The molecule has 0 bridgehead atoms. The van der Waals surface area contributed by atoms with E-state index < -0.39 is 0 Å². The summed E-state index contributed by atoms with van der Waals surface area (Å²) in [6.07, 6.45) is 1.37. The van der Waals surface area contributed by atoms with E-state index >= 15 is 0 Å². The molecule has 2 rings (SSSR count). The predicted molar refractivity (Wildman–Crippen MR) is 86.4 cm³/mol. The van der Waals surface area contributed by atoms with E-state index in [0.29, 0.717) is 22.8 Å². The first kappa shape index (κ1) is 15.5. The Morgan fingerprint density at radius 3 is 3.05 bits per heavy atom. The molecule has 0 spiro atoms. The second-order valence-electron chi connectivity index (χ2n) is 3.95. The molecular formula is C14H13BrN2O3S. The number of hydrogen-bond donors (Lipinski definition) is 2. The predicted octanol–water partition coefficient (Wildman–Crippen LogP) is 3.38. The van der Waals surface area contributed by atoms with Gasteiger partial charge >= 0.3 is 0 Å². The lowest BCUT2D eigenvalue weighted by atomic mass is 10.2. The first-order valence-electron chi connectivity index (χ1n) is 6.14. The number of amides is 1. The van der Waals surface area contributed by atoms with E-state index in [1.54, 1.807) is 24.3 Å². The van der Waals surface area contributed by atoms with E-state index in [-0.39, 0.29) is 11.7 Å². The van der Waals surface area contributed by atoms with Crippen molar-refractivity contribution in [2.45, 2.75) is 6.92 Å². The van der Waals surface area contributed by atoms with E-state index in [1.165, 1.54) is 17.6 Å². The third-order valence-electron chi connectivity index (χ3n) is 2.48. The van der Waals surface area contributed by atoms with Crippen molar-refractivity contribution in [2.24, 2.45) is 5.10 Å². The smallest absolute Gasteiger partial charge is 0.281 e. The molecule has 21 heavy (non-hydrogen) atoms. The molecule has 110 valence electrons. The van der Waals surface area contributed by atoms with Gasteiger partial charge in [-0.3, -0.25) is 4.79 Å². The van der Waals surface area contributed by atoms with Crippen LogP contribution in [0.25, 0.3) is 0 Å². The summed E-state index contributed by atoms with van der Waals surface area (Å²) in [6, 6.07) is 6.84. The molecule has 0 unspecified atom stereocenters. The van der Waals surface area contributed by atoms with Crippen molar-refractivity contribution in [2.75, 3.05) is 6.61 Å². The second-order valence-corrected chi connectivity index (χ2v) is 5.81. The van der Waals surface area contributed by atoms with Crippen LogP contribution in [0.3, 0.4) is 0 Å². The van der Waals surface area contributed by atoms with Gasteiger partial charge in [0.15, 0.2) is 11.5 Å². The summed E-state index contributed by atoms with van der Waals surface area (Å²) in [5, 5.41) is 15.7. The van der Waals surface area contributed by atoms with Crippen molar-refractivity contribution >= 4 is 39.4 Å². The van der Waals surface area contributed by atoms with Gasteiger partial charge in [0.1, 0.15) is 0 Å². The van der Waals surface area contributed by atoms with Crippen LogP contribution in [0.4, 0.5) is 0 Å². The summed E-state index contributed by atoms with van der Waals surface area (Å²) < 4.78 is 6.06.